The Kier molecular flexibility index (Phi) is 5.53. The molecule has 5 nitrogen and oxygen atoms in total. The van der Waals surface area contributed by atoms with E-state index in [-0.39, 0.29) is 10.8 Å². The molecule has 2 aromatic rings. The topological polar surface area (TPSA) is 66.5 Å². The van der Waals surface area contributed by atoms with Crippen LogP contribution >= 0.6 is 11.6 Å². The molecule has 0 radical (unpaired) electrons. The number of carbonyl (C=O) groups excluding carboxylic acids is 1. The molecule has 0 atom stereocenters. The third kappa shape index (κ3) is 4.02. The number of nitrogens with zero attached hydrogens (tertiary/aromatic N) is 1. The fourth-order valence-electron chi connectivity index (χ4n) is 3.01. The smallest absolute Gasteiger partial charge is 0.261 e. The van der Waals surface area contributed by atoms with E-state index in [1.807, 2.05) is 6.92 Å². The van der Waals surface area contributed by atoms with Crippen LogP contribution in [-0.2, 0) is 10.0 Å². The van der Waals surface area contributed by atoms with Gasteiger partial charge in [0.2, 0.25) is 0 Å². The number of nitrogens with one attached hydrogen (secondary N) is 1. The van der Waals surface area contributed by atoms with Crippen LogP contribution in [-0.4, -0.2) is 32.3 Å². The molecule has 0 saturated carbocycles. The molecule has 0 aromatic heterocycles. The highest BCUT2D eigenvalue weighted by Crippen LogP contribution is 2.25. The molecule has 1 amide bonds. The molecule has 0 unspecified atom stereocenters. The first-order valence-electron chi connectivity index (χ1n) is 8.56. The normalized spacial score (nSPS) is 14.9. The summed E-state index contributed by atoms with van der Waals surface area (Å²) in [6.07, 6.45) is 3.09. The molecule has 1 aliphatic rings. The summed E-state index contributed by atoms with van der Waals surface area (Å²) < 4.78 is 27.9. The number of anilines is 1. The van der Waals surface area contributed by atoms with E-state index in [1.165, 1.54) is 12.1 Å². The minimum atomic E-state index is -3.84. The molecule has 1 saturated heterocycles. The van der Waals surface area contributed by atoms with Gasteiger partial charge in [0.25, 0.3) is 15.9 Å². The number of halogens is 1. The molecule has 1 aliphatic heterocycles. The second kappa shape index (κ2) is 7.68. The van der Waals surface area contributed by atoms with Gasteiger partial charge in [-0.1, -0.05) is 29.8 Å². The molecule has 2 aromatic carbocycles. The average molecular weight is 393 g/mol. The van der Waals surface area contributed by atoms with Gasteiger partial charge in [-0.05, 0) is 56.0 Å². The molecule has 26 heavy (non-hydrogen) atoms. The number of likely N-dealkylation sites (tertiary alicyclic amines) is 1. The predicted molar refractivity (Wildman–Crippen MR) is 103 cm³/mol. The number of aryl methyl sites for hydroxylation is 1. The van der Waals surface area contributed by atoms with E-state index < -0.39 is 10.0 Å². The molecule has 0 spiro atoms. The first kappa shape index (κ1) is 18.7. The summed E-state index contributed by atoms with van der Waals surface area (Å²) in [6.45, 7) is 3.25. The zero-order valence-electron chi connectivity index (χ0n) is 14.5. The van der Waals surface area contributed by atoms with Gasteiger partial charge in [0.05, 0.1) is 15.6 Å². The summed E-state index contributed by atoms with van der Waals surface area (Å²) in [5.41, 5.74) is 1.49. The molecule has 0 bridgehead atoms. The van der Waals surface area contributed by atoms with Gasteiger partial charge in [-0.15, -0.1) is 0 Å². The van der Waals surface area contributed by atoms with Gasteiger partial charge in [-0.25, -0.2) is 8.42 Å². The Bertz CT molecular complexity index is 922. The SMILES string of the molecule is Cc1ccc(S(=O)(=O)Nc2ccccc2Cl)cc1C(=O)N1CCCCC1. The van der Waals surface area contributed by atoms with E-state index in [4.69, 9.17) is 11.6 Å². The molecule has 1 fully saturated rings. The van der Waals surface area contributed by atoms with E-state index in [0.717, 1.165) is 24.8 Å². The Hall–Kier alpha value is -2.05. The van der Waals surface area contributed by atoms with Crippen molar-refractivity contribution in [3.8, 4) is 0 Å². The van der Waals surface area contributed by atoms with Crippen LogP contribution in [0.1, 0.15) is 35.2 Å². The first-order chi connectivity index (χ1) is 12.4. The van der Waals surface area contributed by atoms with E-state index in [1.54, 1.807) is 35.2 Å². The Labute approximate surface area is 159 Å². The standard InChI is InChI=1S/C19H21ClN2O3S/c1-14-9-10-15(13-16(14)19(23)22-11-5-2-6-12-22)26(24,25)21-18-8-4-3-7-17(18)20/h3-4,7-10,13,21H,2,5-6,11-12H2,1H3. The van der Waals surface area contributed by atoms with Crippen LogP contribution in [0.15, 0.2) is 47.4 Å². The maximum atomic E-state index is 12.8. The van der Waals surface area contributed by atoms with Crippen molar-refractivity contribution in [2.24, 2.45) is 0 Å². The summed E-state index contributed by atoms with van der Waals surface area (Å²) in [6, 6.07) is 11.2. The van der Waals surface area contributed by atoms with E-state index >= 15 is 0 Å². The lowest BCUT2D eigenvalue weighted by molar-refractivity contribution is 0.0723. The molecular weight excluding hydrogens is 372 g/mol. The van der Waals surface area contributed by atoms with Crippen LogP contribution in [0, 0.1) is 6.92 Å². The van der Waals surface area contributed by atoms with Crippen LogP contribution < -0.4 is 4.72 Å². The zero-order chi connectivity index (χ0) is 18.7. The molecule has 3 rings (SSSR count). The van der Waals surface area contributed by atoms with Gasteiger partial charge in [-0.2, -0.15) is 0 Å². The molecule has 1 N–H and O–H groups in total. The van der Waals surface area contributed by atoms with E-state index in [2.05, 4.69) is 4.72 Å². The summed E-state index contributed by atoms with van der Waals surface area (Å²) in [4.78, 5) is 14.6. The largest absolute Gasteiger partial charge is 0.339 e. The van der Waals surface area contributed by atoms with Crippen LogP contribution in [0.2, 0.25) is 5.02 Å². The quantitative estimate of drug-likeness (QED) is 0.852. The van der Waals surface area contributed by atoms with Gasteiger partial charge >= 0.3 is 0 Å². The highest BCUT2D eigenvalue weighted by Gasteiger charge is 2.23. The number of amides is 1. The number of carbonyl (C=O) groups is 1. The third-order valence-corrected chi connectivity index (χ3v) is 6.20. The Morgan fingerprint density at radius 1 is 1.08 bits per heavy atom. The van der Waals surface area contributed by atoms with E-state index in [9.17, 15) is 13.2 Å². The van der Waals surface area contributed by atoms with Gasteiger partial charge in [0, 0.05) is 18.7 Å². The minimum absolute atomic E-state index is 0.0448. The summed E-state index contributed by atoms with van der Waals surface area (Å²) >= 11 is 6.04. The van der Waals surface area contributed by atoms with Gasteiger partial charge in [0.1, 0.15) is 0 Å². The van der Waals surface area contributed by atoms with Crippen LogP contribution in [0.25, 0.3) is 0 Å². The van der Waals surface area contributed by atoms with Crippen molar-refractivity contribution in [3.05, 3.63) is 58.6 Å². The van der Waals surface area contributed by atoms with Crippen molar-refractivity contribution >= 4 is 33.2 Å². The molecule has 138 valence electrons. The number of rotatable bonds is 4. The van der Waals surface area contributed by atoms with Crippen molar-refractivity contribution in [3.63, 3.8) is 0 Å². The predicted octanol–water partition coefficient (Wildman–Crippen LogP) is 4.08. The summed E-state index contributed by atoms with van der Waals surface area (Å²) in [5.74, 6) is -0.114. The lowest BCUT2D eigenvalue weighted by Crippen LogP contribution is -2.36. The highest BCUT2D eigenvalue weighted by atomic mass is 35.5. The lowest BCUT2D eigenvalue weighted by atomic mass is 10.1. The second-order valence-electron chi connectivity index (χ2n) is 6.41. The van der Waals surface area contributed by atoms with Crippen molar-refractivity contribution in [2.75, 3.05) is 17.8 Å². The minimum Gasteiger partial charge on any atom is -0.339 e. The van der Waals surface area contributed by atoms with Crippen molar-refractivity contribution in [2.45, 2.75) is 31.1 Å². The number of para-hydroxylation sites is 1. The van der Waals surface area contributed by atoms with Crippen molar-refractivity contribution in [1.82, 2.24) is 4.90 Å². The maximum Gasteiger partial charge on any atom is 0.261 e. The maximum absolute atomic E-state index is 12.8. The number of hydrogen-bond donors (Lipinski definition) is 1. The summed E-state index contributed by atoms with van der Waals surface area (Å²) in [7, 11) is -3.84. The molecule has 0 aliphatic carbocycles. The number of hydrogen-bond acceptors (Lipinski definition) is 3. The number of sulfonamides is 1. The van der Waals surface area contributed by atoms with Crippen molar-refractivity contribution < 1.29 is 13.2 Å². The van der Waals surface area contributed by atoms with Crippen LogP contribution in [0.4, 0.5) is 5.69 Å². The van der Waals surface area contributed by atoms with Crippen LogP contribution in [0.3, 0.4) is 0 Å². The first-order valence-corrected chi connectivity index (χ1v) is 10.4. The zero-order valence-corrected chi connectivity index (χ0v) is 16.1. The summed E-state index contributed by atoms with van der Waals surface area (Å²) in [5, 5.41) is 0.313. The monoisotopic (exact) mass is 392 g/mol. The number of benzene rings is 2. The van der Waals surface area contributed by atoms with Gasteiger partial charge in [0.15, 0.2) is 0 Å². The third-order valence-electron chi connectivity index (χ3n) is 4.51. The fourth-order valence-corrected chi connectivity index (χ4v) is 4.36. The Balaban J connectivity index is 1.91. The highest BCUT2D eigenvalue weighted by molar-refractivity contribution is 7.92. The Morgan fingerprint density at radius 3 is 2.46 bits per heavy atom. The Morgan fingerprint density at radius 2 is 1.77 bits per heavy atom. The average Bonchev–Trinajstić information content (AvgIpc) is 2.64. The molecule has 7 heteroatoms. The fraction of sp³-hybridized carbons (Fsp3) is 0.316. The molecule has 1 heterocycles. The van der Waals surface area contributed by atoms with E-state index in [0.29, 0.717) is 29.4 Å². The van der Waals surface area contributed by atoms with Gasteiger partial charge < -0.3 is 4.90 Å². The lowest BCUT2D eigenvalue weighted by Gasteiger charge is -2.27. The van der Waals surface area contributed by atoms with Crippen LogP contribution in [0.5, 0.6) is 0 Å². The van der Waals surface area contributed by atoms with Crippen molar-refractivity contribution in [1.29, 1.82) is 0 Å². The van der Waals surface area contributed by atoms with Gasteiger partial charge in [-0.3, -0.25) is 9.52 Å². The molecular formula is C19H21ClN2O3S. The number of piperidine rings is 1. The second-order valence-corrected chi connectivity index (χ2v) is 8.50.